The minimum absolute atomic E-state index is 0.180. The third-order valence-electron chi connectivity index (χ3n) is 3.84. The molecule has 6 heteroatoms. The standard InChI is InChI=1S/C14H20N2O4/c1-2-3-4-5-10(15-11(17)6-7-12(15)18)16-13(19)8-9-14(16)20/h10H,2-9H2,1H3. The molecule has 2 aliphatic heterocycles. The summed E-state index contributed by atoms with van der Waals surface area (Å²) in [5.41, 5.74) is 0. The molecule has 6 nitrogen and oxygen atoms in total. The maximum absolute atomic E-state index is 11.9. The fraction of sp³-hybridized carbons (Fsp3) is 0.714. The van der Waals surface area contributed by atoms with Gasteiger partial charge in [-0.1, -0.05) is 19.8 Å². The van der Waals surface area contributed by atoms with Gasteiger partial charge in [-0.2, -0.15) is 0 Å². The number of hydrogen-bond acceptors (Lipinski definition) is 4. The lowest BCUT2D eigenvalue weighted by Gasteiger charge is -2.32. The first kappa shape index (κ1) is 14.7. The summed E-state index contributed by atoms with van der Waals surface area (Å²) in [6, 6.07) is 0. The number of imide groups is 2. The normalized spacial score (nSPS) is 19.9. The van der Waals surface area contributed by atoms with Gasteiger partial charge >= 0.3 is 0 Å². The van der Waals surface area contributed by atoms with E-state index in [0.717, 1.165) is 29.1 Å². The van der Waals surface area contributed by atoms with E-state index >= 15 is 0 Å². The summed E-state index contributed by atoms with van der Waals surface area (Å²) in [6.07, 6.45) is 3.24. The van der Waals surface area contributed by atoms with Crippen molar-refractivity contribution in [3.8, 4) is 0 Å². The molecule has 2 rings (SSSR count). The van der Waals surface area contributed by atoms with Crippen molar-refractivity contribution in [3.05, 3.63) is 0 Å². The Labute approximate surface area is 118 Å². The first-order valence-corrected chi connectivity index (χ1v) is 7.26. The van der Waals surface area contributed by atoms with Crippen LogP contribution in [0.4, 0.5) is 0 Å². The van der Waals surface area contributed by atoms with E-state index in [4.69, 9.17) is 0 Å². The van der Waals surface area contributed by atoms with Crippen molar-refractivity contribution in [2.24, 2.45) is 0 Å². The van der Waals surface area contributed by atoms with Crippen LogP contribution in [0.3, 0.4) is 0 Å². The van der Waals surface area contributed by atoms with Gasteiger partial charge in [-0.3, -0.25) is 29.0 Å². The van der Waals surface area contributed by atoms with Crippen molar-refractivity contribution in [2.45, 2.75) is 64.5 Å². The zero-order valence-corrected chi connectivity index (χ0v) is 11.8. The Kier molecular flexibility index (Phi) is 4.52. The molecule has 0 bridgehead atoms. The number of unbranched alkanes of at least 4 members (excludes halogenated alkanes) is 2. The molecule has 0 radical (unpaired) electrons. The molecule has 2 saturated heterocycles. The maximum atomic E-state index is 11.9. The summed E-state index contributed by atoms with van der Waals surface area (Å²) < 4.78 is 0. The second-order valence-electron chi connectivity index (χ2n) is 5.29. The minimum Gasteiger partial charge on any atom is -0.274 e. The Morgan fingerprint density at radius 2 is 1.20 bits per heavy atom. The van der Waals surface area contributed by atoms with Gasteiger partial charge in [-0.05, 0) is 12.8 Å². The van der Waals surface area contributed by atoms with E-state index in [-0.39, 0.29) is 49.3 Å². The van der Waals surface area contributed by atoms with Crippen LogP contribution in [-0.4, -0.2) is 39.6 Å². The van der Waals surface area contributed by atoms with Gasteiger partial charge in [0.1, 0.15) is 6.17 Å². The smallest absolute Gasteiger partial charge is 0.231 e. The summed E-state index contributed by atoms with van der Waals surface area (Å²) in [5.74, 6) is -1.10. The van der Waals surface area contributed by atoms with E-state index < -0.39 is 6.17 Å². The van der Waals surface area contributed by atoms with Gasteiger partial charge in [0, 0.05) is 25.7 Å². The molecule has 2 aliphatic rings. The molecular formula is C14H20N2O4. The lowest BCUT2D eigenvalue weighted by molar-refractivity contribution is -0.154. The second-order valence-corrected chi connectivity index (χ2v) is 5.29. The number of carbonyl (C=O) groups is 4. The largest absolute Gasteiger partial charge is 0.274 e. The Balaban J connectivity index is 2.19. The topological polar surface area (TPSA) is 74.8 Å². The molecule has 0 aromatic heterocycles. The van der Waals surface area contributed by atoms with Crippen LogP contribution in [-0.2, 0) is 19.2 Å². The molecule has 0 spiro atoms. The first-order chi connectivity index (χ1) is 9.56. The number of likely N-dealkylation sites (tertiary alicyclic amines) is 2. The van der Waals surface area contributed by atoms with Crippen LogP contribution in [0.15, 0.2) is 0 Å². The highest BCUT2D eigenvalue weighted by Gasteiger charge is 2.43. The number of hydrogen-bond donors (Lipinski definition) is 0. The van der Waals surface area contributed by atoms with Crippen molar-refractivity contribution in [1.82, 2.24) is 9.80 Å². The van der Waals surface area contributed by atoms with E-state index in [0.29, 0.717) is 6.42 Å². The van der Waals surface area contributed by atoms with Gasteiger partial charge in [0.05, 0.1) is 0 Å². The fourth-order valence-corrected chi connectivity index (χ4v) is 2.80. The molecule has 2 fully saturated rings. The molecule has 110 valence electrons. The zero-order chi connectivity index (χ0) is 14.7. The molecule has 20 heavy (non-hydrogen) atoms. The predicted molar refractivity (Wildman–Crippen MR) is 70.1 cm³/mol. The van der Waals surface area contributed by atoms with Crippen molar-refractivity contribution in [1.29, 1.82) is 0 Å². The molecule has 4 amide bonds. The number of rotatable bonds is 6. The summed E-state index contributed by atoms with van der Waals surface area (Å²) in [5, 5.41) is 0. The van der Waals surface area contributed by atoms with E-state index in [2.05, 4.69) is 0 Å². The van der Waals surface area contributed by atoms with Crippen LogP contribution < -0.4 is 0 Å². The molecule has 0 aliphatic carbocycles. The highest BCUT2D eigenvalue weighted by molar-refractivity contribution is 6.06. The van der Waals surface area contributed by atoms with E-state index in [1.807, 2.05) is 6.92 Å². The molecule has 0 atom stereocenters. The Morgan fingerprint density at radius 1 is 0.800 bits per heavy atom. The third-order valence-corrected chi connectivity index (χ3v) is 3.84. The lowest BCUT2D eigenvalue weighted by atomic mass is 10.1. The van der Waals surface area contributed by atoms with Crippen LogP contribution in [0, 0.1) is 0 Å². The molecule has 0 aromatic rings. The van der Waals surface area contributed by atoms with E-state index in [9.17, 15) is 19.2 Å². The summed E-state index contributed by atoms with van der Waals surface area (Å²) >= 11 is 0. The van der Waals surface area contributed by atoms with Gasteiger partial charge in [-0.25, -0.2) is 0 Å². The first-order valence-electron chi connectivity index (χ1n) is 7.26. The molecule has 0 N–H and O–H groups in total. The SMILES string of the molecule is CCCCCC(N1C(=O)CCC1=O)N1C(=O)CCC1=O. The van der Waals surface area contributed by atoms with Crippen molar-refractivity contribution in [3.63, 3.8) is 0 Å². The summed E-state index contributed by atoms with van der Waals surface area (Å²) in [4.78, 5) is 49.8. The minimum atomic E-state index is -0.702. The van der Waals surface area contributed by atoms with Crippen LogP contribution in [0.2, 0.25) is 0 Å². The fourth-order valence-electron chi connectivity index (χ4n) is 2.80. The van der Waals surface area contributed by atoms with Crippen LogP contribution in [0.1, 0.15) is 58.3 Å². The summed E-state index contributed by atoms with van der Waals surface area (Å²) in [6.45, 7) is 2.05. The van der Waals surface area contributed by atoms with Crippen LogP contribution >= 0.6 is 0 Å². The molecule has 0 aromatic carbocycles. The van der Waals surface area contributed by atoms with Gasteiger partial charge in [0.25, 0.3) is 0 Å². The van der Waals surface area contributed by atoms with Gasteiger partial charge < -0.3 is 0 Å². The van der Waals surface area contributed by atoms with Crippen LogP contribution in [0.5, 0.6) is 0 Å². The van der Waals surface area contributed by atoms with E-state index in [1.54, 1.807) is 0 Å². The van der Waals surface area contributed by atoms with Crippen molar-refractivity contribution < 1.29 is 19.2 Å². The summed E-state index contributed by atoms with van der Waals surface area (Å²) in [7, 11) is 0. The van der Waals surface area contributed by atoms with Gasteiger partial charge in [-0.15, -0.1) is 0 Å². The Hall–Kier alpha value is -1.72. The molecule has 2 heterocycles. The zero-order valence-electron chi connectivity index (χ0n) is 11.8. The number of carbonyl (C=O) groups excluding carboxylic acids is 4. The average Bonchev–Trinajstić information content (AvgIpc) is 2.91. The number of amides is 4. The highest BCUT2D eigenvalue weighted by Crippen LogP contribution is 2.26. The number of nitrogens with zero attached hydrogens (tertiary/aromatic N) is 2. The third kappa shape index (κ3) is 2.73. The average molecular weight is 280 g/mol. The molecule has 0 saturated carbocycles. The molecule has 0 unspecified atom stereocenters. The van der Waals surface area contributed by atoms with Crippen molar-refractivity contribution >= 4 is 23.6 Å². The maximum Gasteiger partial charge on any atom is 0.231 e. The van der Waals surface area contributed by atoms with Gasteiger partial charge in [0.15, 0.2) is 0 Å². The monoisotopic (exact) mass is 280 g/mol. The second kappa shape index (κ2) is 6.15. The highest BCUT2D eigenvalue weighted by atomic mass is 16.2. The quantitative estimate of drug-likeness (QED) is 0.541. The van der Waals surface area contributed by atoms with Gasteiger partial charge in [0.2, 0.25) is 23.6 Å². The lowest BCUT2D eigenvalue weighted by Crippen LogP contribution is -2.52. The molecular weight excluding hydrogens is 260 g/mol. The Bertz CT molecular complexity index is 378. The predicted octanol–water partition coefficient (Wildman–Crippen LogP) is 1.19. The van der Waals surface area contributed by atoms with Crippen LogP contribution in [0.25, 0.3) is 0 Å². The van der Waals surface area contributed by atoms with E-state index in [1.165, 1.54) is 0 Å². The van der Waals surface area contributed by atoms with Crippen molar-refractivity contribution in [2.75, 3.05) is 0 Å². The Morgan fingerprint density at radius 3 is 1.55 bits per heavy atom.